The van der Waals surface area contributed by atoms with E-state index in [1.807, 2.05) is 12.2 Å². The fourth-order valence-electron chi connectivity index (χ4n) is 1.84. The molecule has 0 aromatic heterocycles. The van der Waals surface area contributed by atoms with E-state index in [0.717, 1.165) is 23.1 Å². The highest BCUT2D eigenvalue weighted by Crippen LogP contribution is 2.21. The van der Waals surface area contributed by atoms with E-state index in [0.29, 0.717) is 0 Å². The molecule has 0 saturated carbocycles. The first-order chi connectivity index (χ1) is 8.19. The van der Waals surface area contributed by atoms with Crippen molar-refractivity contribution in [2.75, 3.05) is 0 Å². The first-order valence-electron chi connectivity index (χ1n) is 5.78. The standard InChI is InChI=1S/C15H16BrN/c1-3-13-5-4-6-14(9-13)10-17-11-15(16)8-7-12(17)2/h4-9,11H,2-3,10H2,1H3. The van der Waals surface area contributed by atoms with Gasteiger partial charge in [-0.05, 0) is 45.6 Å². The van der Waals surface area contributed by atoms with Crippen LogP contribution in [0.5, 0.6) is 0 Å². The monoisotopic (exact) mass is 289 g/mol. The lowest BCUT2D eigenvalue weighted by Crippen LogP contribution is -2.16. The van der Waals surface area contributed by atoms with Gasteiger partial charge in [0.15, 0.2) is 0 Å². The minimum atomic E-state index is 0.867. The van der Waals surface area contributed by atoms with Gasteiger partial charge in [0.05, 0.1) is 0 Å². The molecule has 88 valence electrons. The molecule has 1 heterocycles. The topological polar surface area (TPSA) is 3.24 Å². The van der Waals surface area contributed by atoms with Crippen molar-refractivity contribution in [3.8, 4) is 0 Å². The van der Waals surface area contributed by atoms with Gasteiger partial charge in [-0.3, -0.25) is 0 Å². The Morgan fingerprint density at radius 1 is 1.24 bits per heavy atom. The SMILES string of the molecule is C=C1C=CC(Br)=CN1Cc1cccc(CC)c1. The Balaban J connectivity index is 2.15. The molecule has 2 rings (SSSR count). The van der Waals surface area contributed by atoms with Crippen molar-refractivity contribution in [2.24, 2.45) is 0 Å². The first kappa shape index (κ1) is 12.2. The number of rotatable bonds is 3. The third-order valence-electron chi connectivity index (χ3n) is 2.84. The summed E-state index contributed by atoms with van der Waals surface area (Å²) in [5.74, 6) is 0. The van der Waals surface area contributed by atoms with Crippen LogP contribution < -0.4 is 0 Å². The summed E-state index contributed by atoms with van der Waals surface area (Å²) in [6.45, 7) is 7.09. The quantitative estimate of drug-likeness (QED) is 0.799. The molecule has 0 spiro atoms. The molecule has 0 amide bonds. The molecule has 0 N–H and O–H groups in total. The highest BCUT2D eigenvalue weighted by Gasteiger charge is 2.08. The number of benzene rings is 1. The summed E-state index contributed by atoms with van der Waals surface area (Å²) < 4.78 is 1.08. The molecule has 1 aromatic rings. The maximum absolute atomic E-state index is 4.04. The second-order valence-corrected chi connectivity index (χ2v) is 5.06. The number of halogens is 1. The Hall–Kier alpha value is -1.28. The molecule has 1 aliphatic heterocycles. The molecule has 1 nitrogen and oxygen atoms in total. The third-order valence-corrected chi connectivity index (χ3v) is 3.30. The minimum absolute atomic E-state index is 0.867. The molecule has 0 atom stereocenters. The van der Waals surface area contributed by atoms with Crippen LogP contribution in [0.25, 0.3) is 0 Å². The van der Waals surface area contributed by atoms with Crippen LogP contribution in [0, 0.1) is 0 Å². The molecule has 0 aliphatic carbocycles. The fourth-order valence-corrected chi connectivity index (χ4v) is 2.22. The predicted octanol–water partition coefficient (Wildman–Crippen LogP) is 4.37. The van der Waals surface area contributed by atoms with Crippen molar-refractivity contribution >= 4 is 15.9 Å². The van der Waals surface area contributed by atoms with Crippen LogP contribution in [0.2, 0.25) is 0 Å². The molecule has 0 saturated heterocycles. The molecular weight excluding hydrogens is 274 g/mol. The maximum Gasteiger partial charge on any atom is 0.0476 e. The van der Waals surface area contributed by atoms with Gasteiger partial charge in [0.2, 0.25) is 0 Å². The highest BCUT2D eigenvalue weighted by atomic mass is 79.9. The second kappa shape index (κ2) is 5.37. The van der Waals surface area contributed by atoms with E-state index in [4.69, 9.17) is 0 Å². The van der Waals surface area contributed by atoms with Crippen molar-refractivity contribution in [2.45, 2.75) is 19.9 Å². The number of hydrogen-bond donors (Lipinski definition) is 0. The summed E-state index contributed by atoms with van der Waals surface area (Å²) >= 11 is 3.49. The van der Waals surface area contributed by atoms with Gasteiger partial charge in [-0.2, -0.15) is 0 Å². The largest absolute Gasteiger partial charge is 0.343 e. The smallest absolute Gasteiger partial charge is 0.0476 e. The second-order valence-electron chi connectivity index (χ2n) is 4.14. The van der Waals surface area contributed by atoms with E-state index < -0.39 is 0 Å². The highest BCUT2D eigenvalue weighted by molar-refractivity contribution is 9.11. The zero-order chi connectivity index (χ0) is 12.3. The Kier molecular flexibility index (Phi) is 3.85. The first-order valence-corrected chi connectivity index (χ1v) is 6.57. The number of hydrogen-bond acceptors (Lipinski definition) is 1. The van der Waals surface area contributed by atoms with Crippen molar-refractivity contribution in [3.63, 3.8) is 0 Å². The van der Waals surface area contributed by atoms with Gasteiger partial charge < -0.3 is 4.90 Å². The summed E-state index contributed by atoms with van der Waals surface area (Å²) in [4.78, 5) is 2.15. The zero-order valence-corrected chi connectivity index (χ0v) is 11.6. The van der Waals surface area contributed by atoms with Crippen LogP contribution in [-0.2, 0) is 13.0 Å². The molecule has 1 aliphatic rings. The molecule has 1 aromatic carbocycles. The Bertz CT molecular complexity index is 485. The lowest BCUT2D eigenvalue weighted by molar-refractivity contribution is 0.471. The summed E-state index contributed by atoms with van der Waals surface area (Å²) in [6, 6.07) is 8.70. The molecular formula is C15H16BrN. The van der Waals surface area contributed by atoms with Gasteiger partial charge in [-0.1, -0.05) is 37.8 Å². The number of aryl methyl sites for hydroxylation is 1. The zero-order valence-electron chi connectivity index (χ0n) is 9.99. The Morgan fingerprint density at radius 3 is 2.76 bits per heavy atom. The van der Waals surface area contributed by atoms with Crippen molar-refractivity contribution in [1.82, 2.24) is 4.90 Å². The van der Waals surface area contributed by atoms with Crippen LogP contribution in [0.3, 0.4) is 0 Å². The van der Waals surface area contributed by atoms with Crippen molar-refractivity contribution < 1.29 is 0 Å². The van der Waals surface area contributed by atoms with Gasteiger partial charge in [0.1, 0.15) is 0 Å². The van der Waals surface area contributed by atoms with Gasteiger partial charge in [0, 0.05) is 22.9 Å². The van der Waals surface area contributed by atoms with Crippen LogP contribution >= 0.6 is 15.9 Å². The van der Waals surface area contributed by atoms with E-state index in [9.17, 15) is 0 Å². The fraction of sp³-hybridized carbons (Fsp3) is 0.200. The Labute approximate surface area is 111 Å². The van der Waals surface area contributed by atoms with Crippen LogP contribution in [0.4, 0.5) is 0 Å². The normalized spacial score (nSPS) is 15.1. The molecule has 2 heteroatoms. The van der Waals surface area contributed by atoms with E-state index in [2.05, 4.69) is 64.8 Å². The summed E-state index contributed by atoms with van der Waals surface area (Å²) in [7, 11) is 0. The van der Waals surface area contributed by atoms with E-state index in [-0.39, 0.29) is 0 Å². The Morgan fingerprint density at radius 2 is 2.00 bits per heavy atom. The maximum atomic E-state index is 4.04. The van der Waals surface area contributed by atoms with Crippen LogP contribution in [-0.4, -0.2) is 4.90 Å². The molecule has 0 radical (unpaired) electrons. The van der Waals surface area contributed by atoms with Gasteiger partial charge >= 0.3 is 0 Å². The number of nitrogens with zero attached hydrogens (tertiary/aromatic N) is 1. The van der Waals surface area contributed by atoms with E-state index in [1.54, 1.807) is 0 Å². The van der Waals surface area contributed by atoms with Gasteiger partial charge in [-0.15, -0.1) is 0 Å². The van der Waals surface area contributed by atoms with E-state index in [1.165, 1.54) is 11.1 Å². The summed E-state index contributed by atoms with van der Waals surface area (Å²) in [6.07, 6.45) is 7.18. The summed E-state index contributed by atoms with van der Waals surface area (Å²) in [5.41, 5.74) is 3.72. The lowest BCUT2D eigenvalue weighted by atomic mass is 10.1. The molecule has 0 fully saturated rings. The minimum Gasteiger partial charge on any atom is -0.343 e. The van der Waals surface area contributed by atoms with Crippen LogP contribution in [0.1, 0.15) is 18.1 Å². The average molecular weight is 290 g/mol. The average Bonchev–Trinajstić information content (AvgIpc) is 2.34. The van der Waals surface area contributed by atoms with Crippen LogP contribution in [0.15, 0.2) is 59.4 Å². The van der Waals surface area contributed by atoms with Crippen molar-refractivity contribution in [1.29, 1.82) is 0 Å². The van der Waals surface area contributed by atoms with Crippen molar-refractivity contribution in [3.05, 3.63) is 70.5 Å². The predicted molar refractivity (Wildman–Crippen MR) is 76.7 cm³/mol. The lowest BCUT2D eigenvalue weighted by Gasteiger charge is -2.24. The molecule has 0 unspecified atom stereocenters. The van der Waals surface area contributed by atoms with Gasteiger partial charge in [0.25, 0.3) is 0 Å². The molecule has 0 bridgehead atoms. The molecule has 17 heavy (non-hydrogen) atoms. The van der Waals surface area contributed by atoms with Gasteiger partial charge in [-0.25, -0.2) is 0 Å². The van der Waals surface area contributed by atoms with E-state index >= 15 is 0 Å². The number of allylic oxidation sites excluding steroid dienone is 3. The third kappa shape index (κ3) is 3.10. The summed E-state index contributed by atoms with van der Waals surface area (Å²) in [5, 5.41) is 0.